The van der Waals surface area contributed by atoms with E-state index in [1.807, 2.05) is 0 Å². The molecule has 0 saturated heterocycles. The molecule has 0 fully saturated rings. The van der Waals surface area contributed by atoms with Crippen molar-refractivity contribution in [1.82, 2.24) is 10.1 Å². The molecule has 1 heterocycles. The second kappa shape index (κ2) is 6.20. The number of allylic oxidation sites excluding steroid dienone is 4. The maximum Gasteiger partial charge on any atom is 0.335 e. The molecule has 0 spiro atoms. The molecule has 1 aliphatic carbocycles. The van der Waals surface area contributed by atoms with E-state index in [-0.39, 0.29) is 11.5 Å². The minimum absolute atomic E-state index is 0.119. The van der Waals surface area contributed by atoms with Crippen molar-refractivity contribution in [3.8, 4) is 11.5 Å². The number of carboxylic acid groups (broad SMARTS) is 1. The Labute approximate surface area is 134 Å². The third-order valence-corrected chi connectivity index (χ3v) is 3.95. The van der Waals surface area contributed by atoms with Crippen LogP contribution < -0.4 is 0 Å². The molecule has 118 valence electrons. The largest absolute Gasteiger partial charge is 0.478 e. The van der Waals surface area contributed by atoms with Crippen LogP contribution in [0.3, 0.4) is 0 Å². The fourth-order valence-corrected chi connectivity index (χ4v) is 2.51. The Balaban J connectivity index is 1.76. The van der Waals surface area contributed by atoms with E-state index in [0.717, 1.165) is 6.42 Å². The van der Waals surface area contributed by atoms with E-state index >= 15 is 0 Å². The average Bonchev–Trinajstić information content (AvgIpc) is 3.05. The molecule has 2 aromatic rings. The Morgan fingerprint density at radius 2 is 2.04 bits per heavy atom. The van der Waals surface area contributed by atoms with Crippen molar-refractivity contribution < 1.29 is 14.4 Å². The van der Waals surface area contributed by atoms with Crippen molar-refractivity contribution in [2.75, 3.05) is 0 Å². The number of aromatic nitrogens is 2. The smallest absolute Gasteiger partial charge is 0.335 e. The lowest BCUT2D eigenvalue weighted by molar-refractivity contribution is 0.0697. The van der Waals surface area contributed by atoms with E-state index in [9.17, 15) is 4.79 Å². The molecular formula is C18H18N2O3. The van der Waals surface area contributed by atoms with Gasteiger partial charge in [0.25, 0.3) is 5.89 Å². The fraction of sp³-hybridized carbons (Fsp3) is 0.278. The second-order valence-corrected chi connectivity index (χ2v) is 5.90. The minimum atomic E-state index is -0.956. The molecule has 0 bridgehead atoms. The monoisotopic (exact) mass is 310 g/mol. The van der Waals surface area contributed by atoms with Gasteiger partial charge in [0.05, 0.1) is 5.56 Å². The summed E-state index contributed by atoms with van der Waals surface area (Å²) in [7, 11) is 0. The van der Waals surface area contributed by atoms with Gasteiger partial charge < -0.3 is 9.63 Å². The van der Waals surface area contributed by atoms with Gasteiger partial charge in [0.15, 0.2) is 5.82 Å². The Bertz CT molecular complexity index is 770. The molecule has 0 radical (unpaired) electrons. The van der Waals surface area contributed by atoms with E-state index < -0.39 is 5.97 Å². The van der Waals surface area contributed by atoms with E-state index in [0.29, 0.717) is 23.2 Å². The molecule has 0 amide bonds. The molecule has 1 aromatic heterocycles. The zero-order valence-electron chi connectivity index (χ0n) is 13.1. The standard InChI is InChI=1S/C18H18N2O3/c1-11(2)12-3-5-13(6-4-12)16-19-17(23-20-16)14-7-9-15(10-8-14)18(21)22/h3-5,7-11,13H,6H2,1-2H3,(H,21,22). The molecule has 1 N–H and O–H groups in total. The van der Waals surface area contributed by atoms with E-state index in [2.05, 4.69) is 42.2 Å². The highest BCUT2D eigenvalue weighted by Gasteiger charge is 2.19. The average molecular weight is 310 g/mol. The molecule has 1 aliphatic rings. The van der Waals surface area contributed by atoms with Crippen LogP contribution in [0, 0.1) is 5.92 Å². The van der Waals surface area contributed by atoms with Crippen LogP contribution >= 0.6 is 0 Å². The molecule has 0 saturated carbocycles. The van der Waals surface area contributed by atoms with E-state index in [1.165, 1.54) is 17.7 Å². The van der Waals surface area contributed by atoms with Crippen LogP contribution in [0.5, 0.6) is 0 Å². The summed E-state index contributed by atoms with van der Waals surface area (Å²) in [5, 5.41) is 13.0. The van der Waals surface area contributed by atoms with Crippen LogP contribution in [-0.4, -0.2) is 21.2 Å². The highest BCUT2D eigenvalue weighted by Crippen LogP contribution is 2.29. The van der Waals surface area contributed by atoms with Crippen molar-refractivity contribution in [1.29, 1.82) is 0 Å². The Kier molecular flexibility index (Phi) is 4.10. The maximum absolute atomic E-state index is 10.9. The second-order valence-electron chi connectivity index (χ2n) is 5.90. The normalized spacial score (nSPS) is 17.3. The number of carboxylic acids is 1. The number of rotatable bonds is 4. The molecule has 1 atom stereocenters. The van der Waals surface area contributed by atoms with Crippen LogP contribution in [0.1, 0.15) is 42.4 Å². The summed E-state index contributed by atoms with van der Waals surface area (Å²) in [6.45, 7) is 4.34. The van der Waals surface area contributed by atoms with Gasteiger partial charge in [0.2, 0.25) is 0 Å². The first-order chi connectivity index (χ1) is 11.0. The van der Waals surface area contributed by atoms with Gasteiger partial charge in [0.1, 0.15) is 0 Å². The van der Waals surface area contributed by atoms with Gasteiger partial charge >= 0.3 is 5.97 Å². The maximum atomic E-state index is 10.9. The van der Waals surface area contributed by atoms with Crippen molar-refractivity contribution in [3.05, 3.63) is 59.5 Å². The van der Waals surface area contributed by atoms with Crippen LogP contribution in [0.2, 0.25) is 0 Å². The Morgan fingerprint density at radius 3 is 2.61 bits per heavy atom. The lowest BCUT2D eigenvalue weighted by atomic mass is 9.91. The number of benzene rings is 1. The first-order valence-corrected chi connectivity index (χ1v) is 7.60. The zero-order chi connectivity index (χ0) is 16.4. The fourth-order valence-electron chi connectivity index (χ4n) is 2.51. The van der Waals surface area contributed by atoms with Gasteiger partial charge in [-0.3, -0.25) is 0 Å². The van der Waals surface area contributed by atoms with Gasteiger partial charge in [-0.05, 0) is 42.2 Å². The molecule has 5 nitrogen and oxygen atoms in total. The summed E-state index contributed by atoms with van der Waals surface area (Å²) in [5.74, 6) is 0.735. The first-order valence-electron chi connectivity index (χ1n) is 7.60. The molecule has 23 heavy (non-hydrogen) atoms. The molecule has 3 rings (SSSR count). The van der Waals surface area contributed by atoms with Crippen LogP contribution in [0.25, 0.3) is 11.5 Å². The van der Waals surface area contributed by atoms with Crippen molar-refractivity contribution >= 4 is 5.97 Å². The van der Waals surface area contributed by atoms with E-state index in [1.54, 1.807) is 12.1 Å². The van der Waals surface area contributed by atoms with Gasteiger partial charge in [-0.1, -0.05) is 37.2 Å². The van der Waals surface area contributed by atoms with Crippen molar-refractivity contribution in [2.45, 2.75) is 26.2 Å². The Hall–Kier alpha value is -2.69. The first kappa shape index (κ1) is 15.2. The van der Waals surface area contributed by atoms with Gasteiger partial charge in [0, 0.05) is 11.5 Å². The predicted octanol–water partition coefficient (Wildman–Crippen LogP) is 4.06. The van der Waals surface area contributed by atoms with Crippen LogP contribution in [-0.2, 0) is 0 Å². The topological polar surface area (TPSA) is 76.2 Å². The summed E-state index contributed by atoms with van der Waals surface area (Å²) < 4.78 is 5.32. The summed E-state index contributed by atoms with van der Waals surface area (Å²) in [5.41, 5.74) is 2.27. The summed E-state index contributed by atoms with van der Waals surface area (Å²) in [6, 6.07) is 6.40. The van der Waals surface area contributed by atoms with Gasteiger partial charge in [-0.15, -0.1) is 0 Å². The van der Waals surface area contributed by atoms with E-state index in [4.69, 9.17) is 9.63 Å². The van der Waals surface area contributed by atoms with Crippen LogP contribution in [0.15, 0.2) is 52.6 Å². The quantitative estimate of drug-likeness (QED) is 0.921. The number of carbonyl (C=O) groups is 1. The zero-order valence-corrected chi connectivity index (χ0v) is 13.1. The van der Waals surface area contributed by atoms with Gasteiger partial charge in [-0.25, -0.2) is 4.79 Å². The highest BCUT2D eigenvalue weighted by atomic mass is 16.5. The SMILES string of the molecule is CC(C)C1=CCC(c2noc(-c3ccc(C(=O)O)cc3)n2)C=C1. The molecule has 5 heteroatoms. The Morgan fingerprint density at radius 1 is 1.30 bits per heavy atom. The summed E-state index contributed by atoms with van der Waals surface area (Å²) in [6.07, 6.45) is 7.31. The lowest BCUT2D eigenvalue weighted by Gasteiger charge is -2.15. The third-order valence-electron chi connectivity index (χ3n) is 3.95. The number of hydrogen-bond acceptors (Lipinski definition) is 4. The third kappa shape index (κ3) is 3.23. The summed E-state index contributed by atoms with van der Waals surface area (Å²) in [4.78, 5) is 15.3. The lowest BCUT2D eigenvalue weighted by Crippen LogP contribution is -2.03. The summed E-state index contributed by atoms with van der Waals surface area (Å²) >= 11 is 0. The highest BCUT2D eigenvalue weighted by molar-refractivity contribution is 5.88. The molecule has 1 unspecified atom stereocenters. The van der Waals surface area contributed by atoms with Crippen molar-refractivity contribution in [3.63, 3.8) is 0 Å². The van der Waals surface area contributed by atoms with Crippen molar-refractivity contribution in [2.24, 2.45) is 5.92 Å². The number of nitrogens with zero attached hydrogens (tertiary/aromatic N) is 2. The minimum Gasteiger partial charge on any atom is -0.478 e. The molecular weight excluding hydrogens is 292 g/mol. The molecule has 1 aromatic carbocycles. The molecule has 0 aliphatic heterocycles. The predicted molar refractivity (Wildman–Crippen MR) is 86.1 cm³/mol. The van der Waals surface area contributed by atoms with Crippen LogP contribution in [0.4, 0.5) is 0 Å². The number of hydrogen-bond donors (Lipinski definition) is 1. The van der Waals surface area contributed by atoms with Gasteiger partial charge in [-0.2, -0.15) is 4.98 Å². The number of aromatic carboxylic acids is 1.